The van der Waals surface area contributed by atoms with Crippen LogP contribution in [0.1, 0.15) is 46.4 Å². The van der Waals surface area contributed by atoms with Crippen LogP contribution >= 0.6 is 0 Å². The highest BCUT2D eigenvalue weighted by Gasteiger charge is 2.67. The van der Waals surface area contributed by atoms with Crippen molar-refractivity contribution in [2.24, 2.45) is 7.05 Å². The van der Waals surface area contributed by atoms with E-state index in [2.05, 4.69) is 0 Å². The van der Waals surface area contributed by atoms with Crippen molar-refractivity contribution in [1.29, 1.82) is 0 Å². The van der Waals surface area contributed by atoms with E-state index in [-0.39, 0.29) is 34.0 Å². The van der Waals surface area contributed by atoms with Crippen LogP contribution in [0, 0.1) is 12.7 Å². The molecule has 40 heavy (non-hydrogen) atoms. The highest BCUT2D eigenvalue weighted by atomic mass is 32.2. The summed E-state index contributed by atoms with van der Waals surface area (Å²) >= 11 is 0. The normalized spacial score (nSPS) is 19.9. The standard InChI is InChI=1S/C29H26FN3O6S/c1-5-39-27(35)24-13-19-20(22-14-29(22)21-11-8-17(30)12-23(21)32(4)28(29)36)15-31(3)26(34)25(19)33(24)40(37,38)18-9-6-16(2)7-10-18/h6-13,15,22H,5,14H2,1-4H3/t22-,29-/m0/s1. The fourth-order valence-electron chi connectivity index (χ4n) is 5.97. The lowest BCUT2D eigenvalue weighted by Gasteiger charge is -2.14. The van der Waals surface area contributed by atoms with E-state index in [0.717, 1.165) is 9.54 Å². The molecule has 1 aliphatic heterocycles. The molecule has 1 aliphatic carbocycles. The van der Waals surface area contributed by atoms with E-state index in [1.54, 1.807) is 38.4 Å². The second kappa shape index (κ2) is 8.62. The van der Waals surface area contributed by atoms with Crippen LogP contribution in [-0.2, 0) is 32.0 Å². The number of rotatable bonds is 5. The van der Waals surface area contributed by atoms with Crippen LogP contribution in [-0.4, -0.2) is 42.5 Å². The second-order valence-corrected chi connectivity index (χ2v) is 12.1. The Morgan fingerprint density at radius 1 is 1.10 bits per heavy atom. The summed E-state index contributed by atoms with van der Waals surface area (Å²) in [4.78, 5) is 41.5. The van der Waals surface area contributed by atoms with E-state index in [1.807, 2.05) is 6.92 Å². The molecule has 1 saturated carbocycles. The Labute approximate surface area is 229 Å². The number of halogens is 1. The number of fused-ring (bicyclic) bond motifs is 3. The number of aromatic nitrogens is 2. The zero-order valence-corrected chi connectivity index (χ0v) is 23.1. The molecular formula is C29H26FN3O6S. The number of likely N-dealkylation sites (N-methyl/N-ethyl adjacent to an activating group) is 1. The second-order valence-electron chi connectivity index (χ2n) is 10.3. The number of ether oxygens (including phenoxy) is 1. The zero-order valence-electron chi connectivity index (χ0n) is 22.3. The Balaban J connectivity index is 1.62. The monoisotopic (exact) mass is 563 g/mol. The van der Waals surface area contributed by atoms with Crippen LogP contribution in [0.2, 0.25) is 0 Å². The molecule has 0 saturated heterocycles. The lowest BCUT2D eigenvalue weighted by Crippen LogP contribution is -2.29. The number of amides is 1. The molecule has 2 aliphatic rings. The molecule has 206 valence electrons. The smallest absolute Gasteiger partial charge is 0.356 e. The molecule has 1 amide bonds. The van der Waals surface area contributed by atoms with Gasteiger partial charge < -0.3 is 14.2 Å². The number of esters is 1. The molecule has 0 N–H and O–H groups in total. The van der Waals surface area contributed by atoms with Crippen molar-refractivity contribution in [2.45, 2.75) is 36.5 Å². The topological polar surface area (TPSA) is 108 Å². The Morgan fingerprint density at radius 2 is 1.80 bits per heavy atom. The van der Waals surface area contributed by atoms with E-state index >= 15 is 0 Å². The summed E-state index contributed by atoms with van der Waals surface area (Å²) in [6.45, 7) is 3.41. The summed E-state index contributed by atoms with van der Waals surface area (Å²) in [5.41, 5.74) is 0.398. The Kier molecular flexibility index (Phi) is 5.60. The highest BCUT2D eigenvalue weighted by Crippen LogP contribution is 2.66. The Morgan fingerprint density at radius 3 is 2.48 bits per heavy atom. The summed E-state index contributed by atoms with van der Waals surface area (Å²) in [7, 11) is -1.33. The van der Waals surface area contributed by atoms with Crippen molar-refractivity contribution in [3.63, 3.8) is 0 Å². The maximum atomic E-state index is 14.0. The lowest BCUT2D eigenvalue weighted by atomic mass is 9.91. The molecule has 3 heterocycles. The first kappa shape index (κ1) is 26.0. The maximum absolute atomic E-state index is 14.0. The van der Waals surface area contributed by atoms with Crippen LogP contribution in [0.3, 0.4) is 0 Å². The van der Waals surface area contributed by atoms with Crippen molar-refractivity contribution in [2.75, 3.05) is 18.6 Å². The number of pyridine rings is 1. The first-order valence-electron chi connectivity index (χ1n) is 12.8. The van der Waals surface area contributed by atoms with E-state index in [4.69, 9.17) is 4.74 Å². The molecule has 0 unspecified atom stereocenters. The van der Waals surface area contributed by atoms with E-state index < -0.39 is 38.7 Å². The molecule has 2 aromatic carbocycles. The van der Waals surface area contributed by atoms with Gasteiger partial charge in [-0.15, -0.1) is 0 Å². The maximum Gasteiger partial charge on any atom is 0.356 e. The molecule has 0 bridgehead atoms. The molecule has 2 aromatic heterocycles. The SMILES string of the molecule is CCOC(=O)c1cc2c([C@@H]3C[C@@]34C(=O)N(C)c3cc(F)ccc34)cn(C)c(=O)c2n1S(=O)(=O)c1ccc(C)cc1. The predicted octanol–water partition coefficient (Wildman–Crippen LogP) is 3.60. The third-order valence-corrected chi connectivity index (χ3v) is 9.72. The van der Waals surface area contributed by atoms with Gasteiger partial charge in [-0.3, -0.25) is 9.59 Å². The number of hydrogen-bond acceptors (Lipinski definition) is 6. The van der Waals surface area contributed by atoms with E-state index in [0.29, 0.717) is 23.2 Å². The van der Waals surface area contributed by atoms with Gasteiger partial charge in [0.2, 0.25) is 5.91 Å². The fraction of sp³-hybridized carbons (Fsp3) is 0.276. The molecule has 2 atom stereocenters. The molecule has 11 heteroatoms. The number of aryl methyl sites for hydroxylation is 2. The predicted molar refractivity (Wildman–Crippen MR) is 146 cm³/mol. The average molecular weight is 564 g/mol. The van der Waals surface area contributed by atoms with Crippen molar-refractivity contribution in [3.8, 4) is 0 Å². The number of benzene rings is 2. The van der Waals surface area contributed by atoms with Gasteiger partial charge in [0.05, 0.1) is 22.6 Å². The number of hydrogen-bond donors (Lipinski definition) is 0. The summed E-state index contributed by atoms with van der Waals surface area (Å²) in [6.07, 6.45) is 1.96. The van der Waals surface area contributed by atoms with Crippen molar-refractivity contribution < 1.29 is 27.1 Å². The van der Waals surface area contributed by atoms with Crippen LogP contribution in [0.4, 0.5) is 10.1 Å². The van der Waals surface area contributed by atoms with Gasteiger partial charge in [0.25, 0.3) is 15.6 Å². The minimum Gasteiger partial charge on any atom is -0.461 e. The lowest BCUT2D eigenvalue weighted by molar-refractivity contribution is -0.120. The largest absolute Gasteiger partial charge is 0.461 e. The molecule has 1 fully saturated rings. The van der Waals surface area contributed by atoms with Crippen molar-refractivity contribution in [1.82, 2.24) is 8.54 Å². The number of carbonyl (C=O) groups excluding carboxylic acids is 2. The number of anilines is 1. The summed E-state index contributed by atoms with van der Waals surface area (Å²) in [5.74, 6) is -2.01. The molecular weight excluding hydrogens is 537 g/mol. The first-order valence-corrected chi connectivity index (χ1v) is 14.2. The first-order chi connectivity index (χ1) is 18.9. The summed E-state index contributed by atoms with van der Waals surface area (Å²) in [6, 6.07) is 11.7. The van der Waals surface area contributed by atoms with Crippen molar-refractivity contribution >= 4 is 38.5 Å². The molecule has 6 rings (SSSR count). The average Bonchev–Trinajstić information content (AvgIpc) is 3.46. The van der Waals surface area contributed by atoms with Gasteiger partial charge >= 0.3 is 5.97 Å². The summed E-state index contributed by atoms with van der Waals surface area (Å²) in [5, 5.41) is 0.245. The fourth-order valence-corrected chi connectivity index (χ4v) is 7.46. The minimum absolute atomic E-state index is 0.00424. The Bertz CT molecular complexity index is 1930. The Hall–Kier alpha value is -4.25. The third-order valence-electron chi connectivity index (χ3n) is 7.99. The van der Waals surface area contributed by atoms with Crippen LogP contribution < -0.4 is 10.5 Å². The van der Waals surface area contributed by atoms with Gasteiger partial charge in [-0.2, -0.15) is 0 Å². The van der Waals surface area contributed by atoms with Gasteiger partial charge in [0.15, 0.2) is 0 Å². The van der Waals surface area contributed by atoms with Crippen LogP contribution in [0.15, 0.2) is 64.4 Å². The third kappa shape index (κ3) is 3.43. The molecule has 4 aromatic rings. The number of carbonyl (C=O) groups is 2. The highest BCUT2D eigenvalue weighted by molar-refractivity contribution is 7.90. The van der Waals surface area contributed by atoms with Gasteiger partial charge in [-0.25, -0.2) is 21.6 Å². The van der Waals surface area contributed by atoms with Gasteiger partial charge in [0, 0.05) is 31.6 Å². The van der Waals surface area contributed by atoms with Crippen LogP contribution in [0.5, 0.6) is 0 Å². The van der Waals surface area contributed by atoms with Gasteiger partial charge in [-0.05, 0) is 61.7 Å². The molecule has 0 radical (unpaired) electrons. The zero-order chi connectivity index (χ0) is 28.7. The minimum atomic E-state index is -4.41. The molecule has 1 spiro atoms. The van der Waals surface area contributed by atoms with Gasteiger partial charge in [0.1, 0.15) is 17.0 Å². The molecule has 9 nitrogen and oxygen atoms in total. The van der Waals surface area contributed by atoms with E-state index in [9.17, 15) is 27.2 Å². The van der Waals surface area contributed by atoms with Crippen molar-refractivity contribution in [3.05, 3.63) is 93.3 Å². The number of nitrogens with zero attached hydrogens (tertiary/aromatic N) is 3. The summed E-state index contributed by atoms with van der Waals surface area (Å²) < 4.78 is 49.2. The van der Waals surface area contributed by atoms with Crippen LogP contribution in [0.25, 0.3) is 10.9 Å². The van der Waals surface area contributed by atoms with Gasteiger partial charge in [-0.1, -0.05) is 23.8 Å². The van der Waals surface area contributed by atoms with E-state index in [1.165, 1.54) is 46.8 Å². The quantitative estimate of drug-likeness (QED) is 0.344.